The second kappa shape index (κ2) is 5.58. The van der Waals surface area contributed by atoms with Crippen LogP contribution in [0, 0.1) is 0 Å². The van der Waals surface area contributed by atoms with Crippen molar-refractivity contribution >= 4 is 28.3 Å². The van der Waals surface area contributed by atoms with E-state index in [0.29, 0.717) is 16.9 Å². The van der Waals surface area contributed by atoms with E-state index in [1.54, 1.807) is 43.0 Å². The average Bonchev–Trinajstić information content (AvgIpc) is 3.25. The van der Waals surface area contributed by atoms with Gasteiger partial charge in [-0.2, -0.15) is 0 Å². The molecule has 4 N–H and O–H groups in total. The van der Waals surface area contributed by atoms with Gasteiger partial charge >= 0.3 is 0 Å². The van der Waals surface area contributed by atoms with E-state index in [2.05, 4.69) is 15.3 Å². The monoisotopic (exact) mass is 318 g/mol. The molecule has 6 heteroatoms. The van der Waals surface area contributed by atoms with Crippen LogP contribution in [0.25, 0.3) is 22.2 Å². The molecule has 0 atom stereocenters. The van der Waals surface area contributed by atoms with Crippen molar-refractivity contribution in [2.75, 3.05) is 11.1 Å². The molecule has 0 saturated carbocycles. The number of fused-ring (bicyclic) bond motifs is 1. The highest BCUT2D eigenvalue weighted by Crippen LogP contribution is 2.28. The lowest BCUT2D eigenvalue weighted by Gasteiger charge is -2.06. The fraction of sp³-hybridized carbons (Fsp3) is 0. The predicted molar refractivity (Wildman–Crippen MR) is 92.6 cm³/mol. The molecule has 0 fully saturated rings. The molecule has 0 saturated heterocycles. The number of carbonyl (C=O) groups is 1. The molecule has 0 unspecified atom stereocenters. The summed E-state index contributed by atoms with van der Waals surface area (Å²) in [5.41, 5.74) is 10.0. The molecule has 6 nitrogen and oxygen atoms in total. The fourth-order valence-electron chi connectivity index (χ4n) is 2.55. The van der Waals surface area contributed by atoms with Crippen molar-refractivity contribution in [2.45, 2.75) is 0 Å². The van der Waals surface area contributed by atoms with Gasteiger partial charge < -0.3 is 20.5 Å². The topological polar surface area (TPSA) is 96.9 Å². The van der Waals surface area contributed by atoms with Gasteiger partial charge in [0.25, 0.3) is 5.91 Å². The molecule has 0 bridgehead atoms. The van der Waals surface area contributed by atoms with Gasteiger partial charge in [0, 0.05) is 40.3 Å². The lowest BCUT2D eigenvalue weighted by Crippen LogP contribution is -2.12. The first-order valence-corrected chi connectivity index (χ1v) is 7.37. The number of carbonyl (C=O) groups excluding carboxylic acids is 1. The van der Waals surface area contributed by atoms with Gasteiger partial charge in [-0.1, -0.05) is 0 Å². The number of nitrogen functional groups attached to an aromatic ring is 1. The van der Waals surface area contributed by atoms with Crippen molar-refractivity contribution in [1.29, 1.82) is 0 Å². The van der Waals surface area contributed by atoms with Gasteiger partial charge in [0.15, 0.2) is 0 Å². The summed E-state index contributed by atoms with van der Waals surface area (Å²) in [5.74, 6) is -0.228. The Hall–Kier alpha value is -3.54. The Kier molecular flexibility index (Phi) is 3.28. The van der Waals surface area contributed by atoms with Crippen LogP contribution in [0.3, 0.4) is 0 Å². The largest absolute Gasteiger partial charge is 0.472 e. The number of amides is 1. The molecule has 24 heavy (non-hydrogen) atoms. The van der Waals surface area contributed by atoms with Crippen LogP contribution in [0.2, 0.25) is 0 Å². The second-order valence-corrected chi connectivity index (χ2v) is 5.41. The van der Waals surface area contributed by atoms with E-state index in [1.165, 1.54) is 0 Å². The van der Waals surface area contributed by atoms with Crippen LogP contribution in [-0.4, -0.2) is 15.9 Å². The number of aromatic nitrogens is 2. The molecular weight excluding hydrogens is 304 g/mol. The molecule has 0 radical (unpaired) electrons. The van der Waals surface area contributed by atoms with Crippen LogP contribution in [0.4, 0.5) is 11.4 Å². The minimum absolute atomic E-state index is 0.228. The van der Waals surface area contributed by atoms with Crippen LogP contribution < -0.4 is 11.1 Å². The standard InChI is InChI=1S/C18H14N4O2/c19-13-1-3-14(4-2-13)22-18(23)12-7-15-16(11-5-6-24-10-11)9-21-17(15)20-8-12/h1-10H,19H2,(H,20,21)(H,22,23). The smallest absolute Gasteiger partial charge is 0.257 e. The summed E-state index contributed by atoms with van der Waals surface area (Å²) in [6.45, 7) is 0. The van der Waals surface area contributed by atoms with Gasteiger partial charge in [-0.15, -0.1) is 0 Å². The number of nitrogens with two attached hydrogens (primary N) is 1. The number of hydrogen-bond donors (Lipinski definition) is 3. The first kappa shape index (κ1) is 14.1. The number of benzene rings is 1. The molecule has 3 heterocycles. The van der Waals surface area contributed by atoms with Crippen molar-refractivity contribution in [2.24, 2.45) is 0 Å². The lowest BCUT2D eigenvalue weighted by atomic mass is 10.1. The molecule has 1 amide bonds. The molecule has 1 aromatic carbocycles. The Morgan fingerprint density at radius 3 is 2.79 bits per heavy atom. The normalized spacial score (nSPS) is 10.8. The Labute approximate surface area is 137 Å². The van der Waals surface area contributed by atoms with Crippen LogP contribution in [0.5, 0.6) is 0 Å². The SMILES string of the molecule is Nc1ccc(NC(=O)c2cnc3[nH]cc(-c4ccoc4)c3c2)cc1. The number of furan rings is 1. The van der Waals surface area contributed by atoms with E-state index in [1.807, 2.05) is 18.3 Å². The molecule has 0 aliphatic rings. The summed E-state index contributed by atoms with van der Waals surface area (Å²) in [4.78, 5) is 19.9. The van der Waals surface area contributed by atoms with Crippen molar-refractivity contribution in [1.82, 2.24) is 9.97 Å². The maximum atomic E-state index is 12.5. The lowest BCUT2D eigenvalue weighted by molar-refractivity contribution is 0.102. The zero-order valence-corrected chi connectivity index (χ0v) is 12.6. The summed E-state index contributed by atoms with van der Waals surface area (Å²) < 4.78 is 5.13. The number of rotatable bonds is 3. The Bertz CT molecular complexity index is 1000. The third-order valence-electron chi connectivity index (χ3n) is 3.79. The summed E-state index contributed by atoms with van der Waals surface area (Å²) in [6, 6.07) is 10.7. The zero-order valence-electron chi connectivity index (χ0n) is 12.6. The minimum atomic E-state index is -0.228. The van der Waals surface area contributed by atoms with Crippen molar-refractivity contribution < 1.29 is 9.21 Å². The first-order chi connectivity index (χ1) is 11.7. The summed E-state index contributed by atoms with van der Waals surface area (Å²) in [6.07, 6.45) is 6.66. The average molecular weight is 318 g/mol. The Morgan fingerprint density at radius 2 is 2.04 bits per heavy atom. The van der Waals surface area contributed by atoms with Crippen LogP contribution in [0.15, 0.2) is 65.7 Å². The van der Waals surface area contributed by atoms with Gasteiger partial charge in [0.1, 0.15) is 5.65 Å². The molecule has 0 aliphatic carbocycles. The van der Waals surface area contributed by atoms with Gasteiger partial charge in [-0.05, 0) is 36.4 Å². The fourth-order valence-corrected chi connectivity index (χ4v) is 2.55. The van der Waals surface area contributed by atoms with E-state index in [0.717, 1.165) is 22.2 Å². The van der Waals surface area contributed by atoms with E-state index in [-0.39, 0.29) is 5.91 Å². The van der Waals surface area contributed by atoms with Crippen LogP contribution in [-0.2, 0) is 0 Å². The number of pyridine rings is 1. The summed E-state index contributed by atoms with van der Waals surface area (Å²) >= 11 is 0. The van der Waals surface area contributed by atoms with E-state index in [4.69, 9.17) is 10.2 Å². The Morgan fingerprint density at radius 1 is 1.21 bits per heavy atom. The number of nitrogens with one attached hydrogen (secondary N) is 2. The summed E-state index contributed by atoms with van der Waals surface area (Å²) in [5, 5.41) is 3.70. The Balaban J connectivity index is 1.68. The predicted octanol–water partition coefficient (Wildman–Crippen LogP) is 3.66. The van der Waals surface area contributed by atoms with Crippen LogP contribution in [0.1, 0.15) is 10.4 Å². The van der Waals surface area contributed by atoms with Crippen molar-refractivity contribution in [3.05, 3.63) is 66.9 Å². The molecule has 0 aliphatic heterocycles. The molecular formula is C18H14N4O2. The molecule has 0 spiro atoms. The van der Waals surface area contributed by atoms with Gasteiger partial charge in [-0.3, -0.25) is 4.79 Å². The first-order valence-electron chi connectivity index (χ1n) is 7.37. The number of anilines is 2. The van der Waals surface area contributed by atoms with Gasteiger partial charge in [0.05, 0.1) is 18.1 Å². The molecule has 4 rings (SSSR count). The molecule has 4 aromatic rings. The third kappa shape index (κ3) is 2.50. The zero-order chi connectivity index (χ0) is 16.5. The highest BCUT2D eigenvalue weighted by molar-refractivity contribution is 6.07. The van der Waals surface area contributed by atoms with Crippen molar-refractivity contribution in [3.63, 3.8) is 0 Å². The maximum absolute atomic E-state index is 12.5. The number of H-pyrrole nitrogens is 1. The third-order valence-corrected chi connectivity index (χ3v) is 3.79. The highest BCUT2D eigenvalue weighted by Gasteiger charge is 2.12. The maximum Gasteiger partial charge on any atom is 0.257 e. The van der Waals surface area contributed by atoms with E-state index in [9.17, 15) is 4.79 Å². The minimum Gasteiger partial charge on any atom is -0.472 e. The van der Waals surface area contributed by atoms with Gasteiger partial charge in [-0.25, -0.2) is 4.98 Å². The molecule has 3 aromatic heterocycles. The number of aromatic amines is 1. The number of nitrogens with zero attached hydrogens (tertiary/aromatic N) is 1. The number of hydrogen-bond acceptors (Lipinski definition) is 4. The second-order valence-electron chi connectivity index (χ2n) is 5.41. The quantitative estimate of drug-likeness (QED) is 0.502. The summed E-state index contributed by atoms with van der Waals surface area (Å²) in [7, 11) is 0. The molecule has 118 valence electrons. The van der Waals surface area contributed by atoms with Gasteiger partial charge in [0.2, 0.25) is 0 Å². The van der Waals surface area contributed by atoms with Crippen molar-refractivity contribution in [3.8, 4) is 11.1 Å². The highest BCUT2D eigenvalue weighted by atomic mass is 16.3. The van der Waals surface area contributed by atoms with Crippen LogP contribution >= 0.6 is 0 Å². The van der Waals surface area contributed by atoms with E-state index < -0.39 is 0 Å². The van der Waals surface area contributed by atoms with E-state index >= 15 is 0 Å².